The van der Waals surface area contributed by atoms with Crippen LogP contribution in [0.5, 0.6) is 0 Å². The molecular weight excluding hydrogens is 210 g/mol. The van der Waals surface area contributed by atoms with Crippen LogP contribution in [0.3, 0.4) is 0 Å². The van der Waals surface area contributed by atoms with Crippen LogP contribution in [0.25, 0.3) is 0 Å². The van der Waals surface area contributed by atoms with E-state index in [9.17, 15) is 0 Å². The molecule has 0 aromatic carbocycles. The second-order valence-electron chi connectivity index (χ2n) is 2.42. The number of rotatable bonds is 0. The molecule has 2 heterocycles. The smallest absolute Gasteiger partial charge is 0.0825 e. The Balaban J connectivity index is 2.41. The van der Waals surface area contributed by atoms with Gasteiger partial charge in [0, 0.05) is 11.4 Å². The molecule has 1 aliphatic heterocycles. The Morgan fingerprint density at radius 3 is 3.30 bits per heavy atom. The van der Waals surface area contributed by atoms with Gasteiger partial charge < -0.3 is 4.98 Å². The number of nitrogens with one attached hydrogen (secondary N) is 1. The molecule has 0 radical (unpaired) electrons. The molecule has 2 rings (SSSR count). The van der Waals surface area contributed by atoms with Crippen LogP contribution in [0, 0.1) is 0 Å². The Morgan fingerprint density at radius 2 is 2.50 bits per heavy atom. The number of aromatic nitrogens is 1. The van der Waals surface area contributed by atoms with Crippen molar-refractivity contribution < 1.29 is 0 Å². The summed E-state index contributed by atoms with van der Waals surface area (Å²) in [6, 6.07) is 2.18. The van der Waals surface area contributed by atoms with E-state index in [4.69, 9.17) is 0 Å². The molecule has 0 saturated heterocycles. The predicted molar refractivity (Wildman–Crippen MR) is 48.4 cm³/mol. The maximum atomic E-state index is 3.43. The van der Waals surface area contributed by atoms with E-state index < -0.39 is 0 Å². The van der Waals surface area contributed by atoms with E-state index in [0.717, 1.165) is 4.60 Å². The molecule has 54 valence electrons. The molecule has 1 aliphatic rings. The van der Waals surface area contributed by atoms with Crippen LogP contribution < -0.4 is 0 Å². The molecule has 1 nitrogen and oxygen atoms in total. The SMILES string of the molecule is Brc1cc2c([nH]1)CCSC2. The Morgan fingerprint density at radius 1 is 1.60 bits per heavy atom. The summed E-state index contributed by atoms with van der Waals surface area (Å²) in [5.41, 5.74) is 2.90. The van der Waals surface area contributed by atoms with Gasteiger partial charge in [0.25, 0.3) is 0 Å². The zero-order valence-electron chi connectivity index (χ0n) is 5.48. The molecule has 3 heteroatoms. The minimum atomic E-state index is 1.12. The lowest BCUT2D eigenvalue weighted by Crippen LogP contribution is -1.99. The van der Waals surface area contributed by atoms with Crippen LogP contribution in [0.1, 0.15) is 11.3 Å². The van der Waals surface area contributed by atoms with Gasteiger partial charge in [-0.25, -0.2) is 0 Å². The first-order valence-electron chi connectivity index (χ1n) is 3.30. The van der Waals surface area contributed by atoms with Crippen molar-refractivity contribution in [2.75, 3.05) is 5.75 Å². The van der Waals surface area contributed by atoms with Gasteiger partial charge in [0.1, 0.15) is 0 Å². The van der Waals surface area contributed by atoms with Gasteiger partial charge >= 0.3 is 0 Å². The van der Waals surface area contributed by atoms with Crippen LogP contribution in [0.4, 0.5) is 0 Å². The molecule has 0 aliphatic carbocycles. The quantitative estimate of drug-likeness (QED) is 0.707. The van der Waals surface area contributed by atoms with Crippen LogP contribution in [-0.4, -0.2) is 10.7 Å². The van der Waals surface area contributed by atoms with E-state index in [-0.39, 0.29) is 0 Å². The molecule has 0 bridgehead atoms. The number of hydrogen-bond donors (Lipinski definition) is 1. The third kappa shape index (κ3) is 1.12. The van der Waals surface area contributed by atoms with Crippen molar-refractivity contribution in [3.8, 4) is 0 Å². The van der Waals surface area contributed by atoms with E-state index in [2.05, 4.69) is 27.0 Å². The number of hydrogen-bond acceptors (Lipinski definition) is 1. The van der Waals surface area contributed by atoms with Crippen molar-refractivity contribution in [2.45, 2.75) is 12.2 Å². The third-order valence-electron chi connectivity index (χ3n) is 1.71. The average molecular weight is 218 g/mol. The Labute approximate surface area is 72.7 Å². The van der Waals surface area contributed by atoms with Crippen LogP contribution in [0.2, 0.25) is 0 Å². The van der Waals surface area contributed by atoms with E-state index in [1.165, 1.54) is 29.2 Å². The lowest BCUT2D eigenvalue weighted by Gasteiger charge is -2.08. The minimum absolute atomic E-state index is 1.12. The fourth-order valence-corrected chi connectivity index (χ4v) is 2.69. The minimum Gasteiger partial charge on any atom is -0.353 e. The lowest BCUT2D eigenvalue weighted by molar-refractivity contribution is 1.02. The summed E-state index contributed by atoms with van der Waals surface area (Å²) < 4.78 is 1.12. The third-order valence-corrected chi connectivity index (χ3v) is 3.15. The molecular formula is C7H8BrNS. The largest absolute Gasteiger partial charge is 0.353 e. The highest BCUT2D eigenvalue weighted by Crippen LogP contribution is 2.26. The highest BCUT2D eigenvalue weighted by Gasteiger charge is 2.10. The summed E-state index contributed by atoms with van der Waals surface area (Å²) in [7, 11) is 0. The van der Waals surface area contributed by atoms with Gasteiger partial charge in [-0.1, -0.05) is 0 Å². The van der Waals surface area contributed by atoms with Crippen molar-refractivity contribution in [1.29, 1.82) is 0 Å². The van der Waals surface area contributed by atoms with Gasteiger partial charge in [-0.05, 0) is 39.7 Å². The molecule has 1 aromatic rings. The summed E-state index contributed by atoms with van der Waals surface area (Å²) in [4.78, 5) is 3.30. The summed E-state index contributed by atoms with van der Waals surface area (Å²) >= 11 is 5.44. The number of aromatic amines is 1. The molecule has 1 N–H and O–H groups in total. The maximum Gasteiger partial charge on any atom is 0.0825 e. The highest BCUT2D eigenvalue weighted by atomic mass is 79.9. The zero-order valence-corrected chi connectivity index (χ0v) is 7.89. The van der Waals surface area contributed by atoms with Crippen molar-refractivity contribution in [3.63, 3.8) is 0 Å². The van der Waals surface area contributed by atoms with Crippen molar-refractivity contribution >= 4 is 27.7 Å². The summed E-state index contributed by atoms with van der Waals surface area (Å²) in [5.74, 6) is 2.44. The lowest BCUT2D eigenvalue weighted by atomic mass is 10.2. The number of aryl methyl sites for hydroxylation is 1. The Bertz CT molecular complexity index is 220. The van der Waals surface area contributed by atoms with E-state index >= 15 is 0 Å². The Kier molecular flexibility index (Phi) is 1.78. The van der Waals surface area contributed by atoms with Crippen LogP contribution in [0.15, 0.2) is 10.7 Å². The molecule has 0 amide bonds. The first-order chi connectivity index (χ1) is 4.86. The second-order valence-corrected chi connectivity index (χ2v) is 4.38. The van der Waals surface area contributed by atoms with Crippen molar-refractivity contribution in [2.24, 2.45) is 0 Å². The summed E-state index contributed by atoms with van der Waals surface area (Å²) in [6.07, 6.45) is 1.20. The average Bonchev–Trinajstić information content (AvgIpc) is 2.27. The van der Waals surface area contributed by atoms with Gasteiger partial charge in [0.2, 0.25) is 0 Å². The van der Waals surface area contributed by atoms with Crippen LogP contribution >= 0.6 is 27.7 Å². The van der Waals surface area contributed by atoms with Crippen LogP contribution in [-0.2, 0) is 12.2 Å². The second kappa shape index (κ2) is 2.62. The van der Waals surface area contributed by atoms with Gasteiger partial charge in [-0.15, -0.1) is 0 Å². The molecule has 0 unspecified atom stereocenters. The van der Waals surface area contributed by atoms with Gasteiger partial charge in [-0.2, -0.15) is 11.8 Å². The Hall–Kier alpha value is 0.110. The first kappa shape index (κ1) is 6.80. The van der Waals surface area contributed by atoms with Gasteiger partial charge in [0.05, 0.1) is 4.60 Å². The normalized spacial score (nSPS) is 16.9. The summed E-state index contributed by atoms with van der Waals surface area (Å²) in [6.45, 7) is 0. The number of H-pyrrole nitrogens is 1. The van der Waals surface area contributed by atoms with Gasteiger partial charge in [-0.3, -0.25) is 0 Å². The molecule has 0 fully saturated rings. The van der Waals surface area contributed by atoms with Gasteiger partial charge in [0.15, 0.2) is 0 Å². The van der Waals surface area contributed by atoms with Crippen molar-refractivity contribution in [1.82, 2.24) is 4.98 Å². The topological polar surface area (TPSA) is 15.8 Å². The number of halogens is 1. The fourth-order valence-electron chi connectivity index (χ4n) is 1.21. The van der Waals surface area contributed by atoms with Crippen molar-refractivity contribution in [3.05, 3.63) is 21.9 Å². The molecule has 10 heavy (non-hydrogen) atoms. The van der Waals surface area contributed by atoms with E-state index in [1.54, 1.807) is 0 Å². The molecule has 0 saturated carbocycles. The summed E-state index contributed by atoms with van der Waals surface area (Å²) in [5, 5.41) is 0. The van der Waals surface area contributed by atoms with E-state index in [0.29, 0.717) is 0 Å². The zero-order chi connectivity index (χ0) is 6.97. The standard InChI is InChI=1S/C7H8BrNS/c8-7-3-5-4-10-2-1-6(5)9-7/h3,9H,1-2,4H2. The molecule has 0 atom stereocenters. The highest BCUT2D eigenvalue weighted by molar-refractivity contribution is 9.10. The molecule has 0 spiro atoms. The predicted octanol–water partition coefficient (Wildman–Crippen LogP) is 2.57. The monoisotopic (exact) mass is 217 g/mol. The number of fused-ring (bicyclic) bond motifs is 1. The molecule has 1 aromatic heterocycles. The van der Waals surface area contributed by atoms with E-state index in [1.807, 2.05) is 11.8 Å². The fraction of sp³-hybridized carbons (Fsp3) is 0.429. The maximum absolute atomic E-state index is 3.43. The first-order valence-corrected chi connectivity index (χ1v) is 5.25. The number of thioether (sulfide) groups is 1.